The number of hydrogen-bond donors (Lipinski definition) is 2. The summed E-state index contributed by atoms with van der Waals surface area (Å²) in [7, 11) is 0. The van der Waals surface area contributed by atoms with Gasteiger partial charge in [0, 0.05) is 11.6 Å². The topological polar surface area (TPSA) is 49.3 Å². The first-order valence-corrected chi connectivity index (χ1v) is 4.72. The van der Waals surface area contributed by atoms with E-state index in [1.54, 1.807) is 13.8 Å². The smallest absolute Gasteiger partial charge is 0.251 e. The van der Waals surface area contributed by atoms with Crippen LogP contribution in [0.5, 0.6) is 0 Å². The number of aryl methyl sites for hydroxylation is 1. The minimum atomic E-state index is -0.332. The van der Waals surface area contributed by atoms with Crippen molar-refractivity contribution < 1.29 is 14.3 Å². The molecular weight excluding hydrogens is 197 g/mol. The number of aliphatic hydroxyl groups is 1. The van der Waals surface area contributed by atoms with E-state index in [4.69, 9.17) is 5.11 Å². The average Bonchev–Trinajstić information content (AvgIpc) is 2.21. The maximum Gasteiger partial charge on any atom is 0.251 e. The van der Waals surface area contributed by atoms with Crippen LogP contribution in [0.4, 0.5) is 4.39 Å². The molecule has 1 atom stereocenters. The van der Waals surface area contributed by atoms with Gasteiger partial charge in [-0.1, -0.05) is 0 Å². The molecule has 0 aromatic heterocycles. The van der Waals surface area contributed by atoms with Crippen LogP contribution in [0.2, 0.25) is 0 Å². The number of hydrogen-bond acceptors (Lipinski definition) is 2. The fourth-order valence-corrected chi connectivity index (χ4v) is 1.14. The Bertz CT molecular complexity index is 366. The number of rotatable bonds is 3. The molecule has 1 amide bonds. The Morgan fingerprint density at radius 1 is 1.60 bits per heavy atom. The van der Waals surface area contributed by atoms with Crippen molar-refractivity contribution in [3.8, 4) is 0 Å². The molecule has 4 heteroatoms. The highest BCUT2D eigenvalue weighted by atomic mass is 19.1. The first kappa shape index (κ1) is 11.7. The number of nitrogens with one attached hydrogen (secondary N) is 1. The molecule has 0 aliphatic carbocycles. The number of halogens is 1. The van der Waals surface area contributed by atoms with Crippen LogP contribution in [-0.2, 0) is 0 Å². The Morgan fingerprint density at radius 3 is 2.80 bits per heavy atom. The van der Waals surface area contributed by atoms with Gasteiger partial charge in [0.05, 0.1) is 6.61 Å². The van der Waals surface area contributed by atoms with Crippen molar-refractivity contribution in [2.45, 2.75) is 19.9 Å². The quantitative estimate of drug-likeness (QED) is 0.790. The van der Waals surface area contributed by atoms with Crippen molar-refractivity contribution in [3.05, 3.63) is 35.1 Å². The Hall–Kier alpha value is -1.42. The minimum Gasteiger partial charge on any atom is -0.394 e. The van der Waals surface area contributed by atoms with Crippen molar-refractivity contribution >= 4 is 5.91 Å². The zero-order valence-electron chi connectivity index (χ0n) is 8.75. The molecule has 1 aromatic rings. The number of amides is 1. The summed E-state index contributed by atoms with van der Waals surface area (Å²) in [6, 6.07) is 3.85. The van der Waals surface area contributed by atoms with Gasteiger partial charge >= 0.3 is 0 Å². The molecule has 82 valence electrons. The van der Waals surface area contributed by atoms with E-state index in [0.29, 0.717) is 11.1 Å². The van der Waals surface area contributed by atoms with Crippen LogP contribution in [0.1, 0.15) is 22.8 Å². The van der Waals surface area contributed by atoms with Gasteiger partial charge < -0.3 is 10.4 Å². The minimum absolute atomic E-state index is 0.119. The SMILES string of the molecule is Cc1cc(C(=O)N[C@H](C)CO)ccc1F. The lowest BCUT2D eigenvalue weighted by Gasteiger charge is -2.11. The standard InChI is InChI=1S/C11H14FNO2/c1-7-5-9(3-4-10(7)12)11(15)13-8(2)6-14/h3-5,8,14H,6H2,1-2H3,(H,13,15)/t8-/m1/s1. The molecule has 0 saturated carbocycles. The summed E-state index contributed by atoms with van der Waals surface area (Å²) in [5.74, 6) is -0.638. The molecule has 0 aliphatic heterocycles. The van der Waals surface area contributed by atoms with E-state index in [1.165, 1.54) is 18.2 Å². The number of benzene rings is 1. The van der Waals surface area contributed by atoms with Crippen LogP contribution in [0.15, 0.2) is 18.2 Å². The van der Waals surface area contributed by atoms with Gasteiger partial charge in [-0.15, -0.1) is 0 Å². The lowest BCUT2D eigenvalue weighted by atomic mass is 10.1. The molecule has 1 rings (SSSR count). The van der Waals surface area contributed by atoms with Gasteiger partial charge in [-0.05, 0) is 37.6 Å². The summed E-state index contributed by atoms with van der Waals surface area (Å²) in [5, 5.41) is 11.3. The molecule has 0 aliphatic rings. The second kappa shape index (κ2) is 4.89. The predicted octanol–water partition coefficient (Wildman–Crippen LogP) is 1.24. The molecule has 0 bridgehead atoms. The van der Waals surface area contributed by atoms with Gasteiger partial charge in [0.2, 0.25) is 0 Å². The maximum atomic E-state index is 12.9. The summed E-state index contributed by atoms with van der Waals surface area (Å²) in [6.45, 7) is 3.17. The molecule has 0 saturated heterocycles. The Labute approximate surface area is 87.9 Å². The summed E-state index contributed by atoms with van der Waals surface area (Å²) < 4.78 is 12.9. The van der Waals surface area contributed by atoms with Gasteiger partial charge in [0.15, 0.2) is 0 Å². The molecule has 1 aromatic carbocycles. The zero-order chi connectivity index (χ0) is 11.4. The molecule has 0 spiro atoms. The number of aliphatic hydroxyl groups excluding tert-OH is 1. The van der Waals surface area contributed by atoms with Crippen molar-refractivity contribution in [1.29, 1.82) is 0 Å². The summed E-state index contributed by atoms with van der Waals surface area (Å²) in [6.07, 6.45) is 0. The first-order valence-electron chi connectivity index (χ1n) is 4.72. The molecule has 2 N–H and O–H groups in total. The fourth-order valence-electron chi connectivity index (χ4n) is 1.14. The van der Waals surface area contributed by atoms with Gasteiger partial charge in [-0.3, -0.25) is 4.79 Å². The predicted molar refractivity (Wildman–Crippen MR) is 55.2 cm³/mol. The maximum absolute atomic E-state index is 12.9. The van der Waals surface area contributed by atoms with Crippen LogP contribution < -0.4 is 5.32 Å². The van der Waals surface area contributed by atoms with Crippen LogP contribution in [0.25, 0.3) is 0 Å². The molecule has 3 nitrogen and oxygen atoms in total. The van der Waals surface area contributed by atoms with Crippen LogP contribution >= 0.6 is 0 Å². The number of carbonyl (C=O) groups excluding carboxylic acids is 1. The third-order valence-electron chi connectivity index (χ3n) is 2.07. The van der Waals surface area contributed by atoms with E-state index in [0.717, 1.165) is 0 Å². The molecule has 0 heterocycles. The Morgan fingerprint density at radius 2 is 2.27 bits per heavy atom. The fraction of sp³-hybridized carbons (Fsp3) is 0.364. The highest BCUT2D eigenvalue weighted by Crippen LogP contribution is 2.09. The van der Waals surface area contributed by atoms with E-state index in [9.17, 15) is 9.18 Å². The van der Waals surface area contributed by atoms with Crippen LogP contribution in [0.3, 0.4) is 0 Å². The molecule has 0 radical (unpaired) electrons. The molecular formula is C11H14FNO2. The summed E-state index contributed by atoms with van der Waals surface area (Å²) in [4.78, 5) is 11.5. The third kappa shape index (κ3) is 3.02. The molecule has 15 heavy (non-hydrogen) atoms. The van der Waals surface area contributed by atoms with Crippen molar-refractivity contribution in [2.24, 2.45) is 0 Å². The first-order chi connectivity index (χ1) is 7.04. The lowest BCUT2D eigenvalue weighted by molar-refractivity contribution is 0.0922. The van der Waals surface area contributed by atoms with Crippen LogP contribution in [-0.4, -0.2) is 23.7 Å². The Balaban J connectivity index is 2.78. The monoisotopic (exact) mass is 211 g/mol. The van der Waals surface area contributed by atoms with E-state index in [1.807, 2.05) is 0 Å². The van der Waals surface area contributed by atoms with Gasteiger partial charge in [-0.25, -0.2) is 4.39 Å². The lowest BCUT2D eigenvalue weighted by Crippen LogP contribution is -2.35. The van der Waals surface area contributed by atoms with Gasteiger partial charge in [-0.2, -0.15) is 0 Å². The normalized spacial score (nSPS) is 12.3. The summed E-state index contributed by atoms with van der Waals surface area (Å²) >= 11 is 0. The molecule has 0 unspecified atom stereocenters. The number of carbonyl (C=O) groups is 1. The van der Waals surface area contributed by atoms with Gasteiger partial charge in [0.1, 0.15) is 5.82 Å². The van der Waals surface area contributed by atoms with Gasteiger partial charge in [0.25, 0.3) is 5.91 Å². The largest absolute Gasteiger partial charge is 0.394 e. The van der Waals surface area contributed by atoms with Crippen molar-refractivity contribution in [3.63, 3.8) is 0 Å². The van der Waals surface area contributed by atoms with E-state index < -0.39 is 0 Å². The second-order valence-electron chi connectivity index (χ2n) is 3.52. The van der Waals surface area contributed by atoms with Crippen LogP contribution in [0, 0.1) is 12.7 Å². The van der Waals surface area contributed by atoms with E-state index in [2.05, 4.69) is 5.32 Å². The third-order valence-corrected chi connectivity index (χ3v) is 2.07. The highest BCUT2D eigenvalue weighted by Gasteiger charge is 2.09. The second-order valence-corrected chi connectivity index (χ2v) is 3.52. The molecule has 0 fully saturated rings. The van der Waals surface area contributed by atoms with Crippen molar-refractivity contribution in [2.75, 3.05) is 6.61 Å². The Kier molecular flexibility index (Phi) is 3.80. The van der Waals surface area contributed by atoms with E-state index in [-0.39, 0.29) is 24.4 Å². The zero-order valence-corrected chi connectivity index (χ0v) is 8.75. The summed E-state index contributed by atoms with van der Waals surface area (Å²) in [5.41, 5.74) is 0.827. The highest BCUT2D eigenvalue weighted by molar-refractivity contribution is 5.94. The van der Waals surface area contributed by atoms with E-state index >= 15 is 0 Å². The van der Waals surface area contributed by atoms with Crippen molar-refractivity contribution in [1.82, 2.24) is 5.32 Å². The average molecular weight is 211 g/mol.